The number of hydrogen-bond acceptors (Lipinski definition) is 2. The van der Waals surface area contributed by atoms with Gasteiger partial charge in [0.1, 0.15) is 5.76 Å². The fourth-order valence-electron chi connectivity index (χ4n) is 3.90. The molecule has 0 saturated carbocycles. The summed E-state index contributed by atoms with van der Waals surface area (Å²) >= 11 is 0. The van der Waals surface area contributed by atoms with Gasteiger partial charge in [0.15, 0.2) is 17.5 Å². The Morgan fingerprint density at radius 2 is 1.81 bits per heavy atom. The highest BCUT2D eigenvalue weighted by molar-refractivity contribution is 6.18. The molecule has 4 nitrogen and oxygen atoms in total. The van der Waals surface area contributed by atoms with Crippen LogP contribution < -0.4 is 5.73 Å². The zero-order chi connectivity index (χ0) is 21.7. The number of primary amides is 1. The van der Waals surface area contributed by atoms with Crippen LogP contribution in [0.5, 0.6) is 0 Å². The Kier molecular flexibility index (Phi) is 4.32. The van der Waals surface area contributed by atoms with E-state index in [1.54, 1.807) is 47.2 Å². The molecular formula is C24H14F3N2O2. The largest absolute Gasteiger partial charge is 0.464 e. The molecule has 153 valence electrons. The molecule has 7 heteroatoms. The summed E-state index contributed by atoms with van der Waals surface area (Å²) in [4.78, 5) is 12.0. The summed E-state index contributed by atoms with van der Waals surface area (Å²) in [7, 11) is 0. The minimum atomic E-state index is -1.52. The molecule has 0 saturated heterocycles. The summed E-state index contributed by atoms with van der Waals surface area (Å²) in [5, 5.41) is 1.21. The summed E-state index contributed by atoms with van der Waals surface area (Å²) in [6.07, 6.45) is 1.55. The highest BCUT2D eigenvalue weighted by Gasteiger charge is 2.19. The van der Waals surface area contributed by atoms with Crippen molar-refractivity contribution in [1.82, 2.24) is 4.57 Å². The first-order valence-electron chi connectivity index (χ1n) is 9.38. The van der Waals surface area contributed by atoms with Crippen LogP contribution in [0.4, 0.5) is 13.2 Å². The van der Waals surface area contributed by atoms with Gasteiger partial charge in [0, 0.05) is 28.4 Å². The van der Waals surface area contributed by atoms with Gasteiger partial charge in [-0.1, -0.05) is 6.07 Å². The van der Waals surface area contributed by atoms with Gasteiger partial charge in [0.25, 0.3) is 0 Å². The molecule has 0 unspecified atom stereocenters. The Morgan fingerprint density at radius 3 is 2.48 bits per heavy atom. The van der Waals surface area contributed by atoms with Crippen LogP contribution in [-0.2, 0) is 6.54 Å². The summed E-state index contributed by atoms with van der Waals surface area (Å²) in [5.74, 6) is -4.04. The first-order chi connectivity index (χ1) is 14.9. The van der Waals surface area contributed by atoms with Crippen molar-refractivity contribution < 1.29 is 22.4 Å². The van der Waals surface area contributed by atoms with E-state index in [0.29, 0.717) is 33.1 Å². The lowest BCUT2D eigenvalue weighted by molar-refractivity contribution is 0.100. The van der Waals surface area contributed by atoms with E-state index in [-0.39, 0.29) is 12.1 Å². The molecule has 2 heterocycles. The maximum absolute atomic E-state index is 13.8. The van der Waals surface area contributed by atoms with Crippen LogP contribution in [0, 0.1) is 23.5 Å². The number of nitrogens with two attached hydrogens (primary N) is 1. The summed E-state index contributed by atoms with van der Waals surface area (Å²) < 4.78 is 48.3. The van der Waals surface area contributed by atoms with Gasteiger partial charge in [-0.15, -0.1) is 0 Å². The number of amides is 1. The third-order valence-electron chi connectivity index (χ3n) is 5.25. The van der Waals surface area contributed by atoms with Gasteiger partial charge in [-0.3, -0.25) is 4.79 Å². The Labute approximate surface area is 174 Å². The number of carbonyl (C=O) groups is 1. The van der Waals surface area contributed by atoms with Crippen LogP contribution >= 0.6 is 0 Å². The standard InChI is InChI=1S/C24H14F3N2O2/c25-17-9-13(10-18(26)23(17)27)12-29-19-4-1-3-16(24(28)30)22(19)15-7-6-14(11-20(15)29)21-5-2-8-31-21/h1-6,8-11H,12H2,(H2,28,30). The maximum atomic E-state index is 13.8. The molecule has 0 fully saturated rings. The fourth-order valence-corrected chi connectivity index (χ4v) is 3.90. The van der Waals surface area contributed by atoms with Crippen molar-refractivity contribution in [1.29, 1.82) is 0 Å². The molecule has 2 aromatic heterocycles. The van der Waals surface area contributed by atoms with E-state index in [1.807, 2.05) is 6.07 Å². The zero-order valence-corrected chi connectivity index (χ0v) is 16.0. The number of benzene rings is 3. The molecule has 2 N–H and O–H groups in total. The second-order valence-corrected chi connectivity index (χ2v) is 7.15. The minimum Gasteiger partial charge on any atom is -0.464 e. The number of hydrogen-bond donors (Lipinski definition) is 1. The average molecular weight is 419 g/mol. The molecule has 0 aliphatic heterocycles. The molecule has 0 spiro atoms. The van der Waals surface area contributed by atoms with Gasteiger partial charge in [-0.05, 0) is 60.2 Å². The van der Waals surface area contributed by atoms with Crippen LogP contribution in [0.25, 0.3) is 33.1 Å². The number of halogens is 3. The Balaban J connectivity index is 1.81. The Hall–Kier alpha value is -4.00. The van der Waals surface area contributed by atoms with E-state index in [4.69, 9.17) is 10.2 Å². The lowest BCUT2D eigenvalue weighted by Gasteiger charge is -2.10. The summed E-state index contributed by atoms with van der Waals surface area (Å²) in [6.45, 7) is 0.0335. The predicted molar refractivity (Wildman–Crippen MR) is 110 cm³/mol. The lowest BCUT2D eigenvalue weighted by Crippen LogP contribution is -2.11. The van der Waals surface area contributed by atoms with E-state index >= 15 is 0 Å². The summed E-state index contributed by atoms with van der Waals surface area (Å²) in [5.41, 5.74) is 8.13. The first-order valence-corrected chi connectivity index (χ1v) is 9.38. The molecular weight excluding hydrogens is 405 g/mol. The molecule has 0 atom stereocenters. The molecule has 0 aliphatic rings. The molecule has 0 aliphatic carbocycles. The second-order valence-electron chi connectivity index (χ2n) is 7.15. The molecule has 1 amide bonds. The average Bonchev–Trinajstić information content (AvgIpc) is 3.39. The maximum Gasteiger partial charge on any atom is 0.249 e. The highest BCUT2D eigenvalue weighted by atomic mass is 19.2. The van der Waals surface area contributed by atoms with Gasteiger partial charge >= 0.3 is 0 Å². The van der Waals surface area contributed by atoms with Crippen molar-refractivity contribution in [3.8, 4) is 11.3 Å². The normalized spacial score (nSPS) is 11.5. The topological polar surface area (TPSA) is 61.2 Å². The van der Waals surface area contributed by atoms with Crippen molar-refractivity contribution in [2.75, 3.05) is 0 Å². The van der Waals surface area contributed by atoms with E-state index in [0.717, 1.165) is 17.7 Å². The first kappa shape index (κ1) is 19.0. The Morgan fingerprint density at radius 1 is 1.03 bits per heavy atom. The second kappa shape index (κ2) is 7.05. The third-order valence-corrected chi connectivity index (χ3v) is 5.25. The van der Waals surface area contributed by atoms with E-state index in [9.17, 15) is 18.0 Å². The molecule has 0 bridgehead atoms. The number of fused-ring (bicyclic) bond motifs is 3. The van der Waals surface area contributed by atoms with Gasteiger partial charge in [-0.2, -0.15) is 0 Å². The number of rotatable bonds is 4. The minimum absolute atomic E-state index is 0.0335. The smallest absolute Gasteiger partial charge is 0.249 e. The summed E-state index contributed by atoms with van der Waals surface area (Å²) in [6, 6.07) is 17.3. The van der Waals surface area contributed by atoms with Crippen molar-refractivity contribution in [2.24, 2.45) is 5.73 Å². The van der Waals surface area contributed by atoms with Crippen LogP contribution in [0.3, 0.4) is 0 Å². The molecule has 1 radical (unpaired) electrons. The van der Waals surface area contributed by atoms with Gasteiger partial charge in [0.05, 0.1) is 17.3 Å². The van der Waals surface area contributed by atoms with E-state index in [2.05, 4.69) is 6.07 Å². The zero-order valence-electron chi connectivity index (χ0n) is 16.0. The lowest BCUT2D eigenvalue weighted by atomic mass is 10.0. The molecule has 3 aromatic carbocycles. The van der Waals surface area contributed by atoms with Crippen LogP contribution in [0.1, 0.15) is 15.9 Å². The quantitative estimate of drug-likeness (QED) is 0.396. The van der Waals surface area contributed by atoms with Gasteiger partial charge in [0.2, 0.25) is 5.91 Å². The monoisotopic (exact) mass is 419 g/mol. The van der Waals surface area contributed by atoms with Crippen molar-refractivity contribution >= 4 is 27.7 Å². The van der Waals surface area contributed by atoms with Gasteiger partial charge in [-0.25, -0.2) is 13.2 Å². The van der Waals surface area contributed by atoms with Crippen LogP contribution in [0.2, 0.25) is 0 Å². The number of nitrogens with zero attached hydrogens (tertiary/aromatic N) is 1. The molecule has 5 aromatic rings. The Bertz CT molecular complexity index is 1450. The van der Waals surface area contributed by atoms with Crippen LogP contribution in [-0.4, -0.2) is 10.5 Å². The van der Waals surface area contributed by atoms with Crippen molar-refractivity contribution in [3.63, 3.8) is 0 Å². The van der Waals surface area contributed by atoms with Gasteiger partial charge < -0.3 is 14.7 Å². The van der Waals surface area contributed by atoms with E-state index < -0.39 is 23.4 Å². The van der Waals surface area contributed by atoms with E-state index in [1.165, 1.54) is 0 Å². The van der Waals surface area contributed by atoms with Crippen molar-refractivity contribution in [2.45, 2.75) is 6.54 Å². The fraction of sp³-hybridized carbons (Fsp3) is 0.0417. The van der Waals surface area contributed by atoms with Crippen LogP contribution in [0.15, 0.2) is 65.3 Å². The molecule has 5 rings (SSSR count). The predicted octanol–water partition coefficient (Wildman–Crippen LogP) is 5.42. The SMILES string of the molecule is NC(=O)c1cccc2c1c1[c]cc(-c3ccco3)cc1n2Cc1cc(F)c(F)c(F)c1. The molecule has 31 heavy (non-hydrogen) atoms. The third kappa shape index (κ3) is 3.06. The number of furan rings is 1. The highest BCUT2D eigenvalue weighted by Crippen LogP contribution is 2.35. The van der Waals surface area contributed by atoms with Crippen molar-refractivity contribution in [3.05, 3.63) is 95.5 Å². The number of aromatic nitrogens is 1. The number of carbonyl (C=O) groups excluding carboxylic acids is 1.